The number of methoxy groups -OCH3 is 1. The molecule has 0 unspecified atom stereocenters. The molecule has 0 aliphatic carbocycles. The Bertz CT molecular complexity index is 603. The molecule has 0 bridgehead atoms. The van der Waals surface area contributed by atoms with E-state index in [1.165, 1.54) is 25.3 Å². The largest absolute Gasteiger partial charge is 0.495 e. The predicted molar refractivity (Wildman–Crippen MR) is 79.1 cm³/mol. The Kier molecular flexibility index (Phi) is 6.44. The van der Waals surface area contributed by atoms with E-state index in [0.29, 0.717) is 5.75 Å². The lowest BCUT2D eigenvalue weighted by Crippen LogP contribution is -2.36. The van der Waals surface area contributed by atoms with Crippen LogP contribution in [0.1, 0.15) is 13.8 Å². The molecule has 1 aromatic carbocycles. The Morgan fingerprint density at radius 3 is 2.48 bits per heavy atom. The quantitative estimate of drug-likeness (QED) is 0.712. The fourth-order valence-electron chi connectivity index (χ4n) is 1.67. The first-order chi connectivity index (χ1) is 9.86. The van der Waals surface area contributed by atoms with Gasteiger partial charge in [-0.25, -0.2) is 8.42 Å². The molecule has 0 spiro atoms. The number of esters is 1. The third-order valence-corrected chi connectivity index (χ3v) is 4.94. The molecule has 21 heavy (non-hydrogen) atoms. The molecule has 6 nitrogen and oxygen atoms in total. The molecule has 8 heteroatoms. The zero-order valence-corrected chi connectivity index (χ0v) is 13.7. The second-order valence-electron chi connectivity index (χ2n) is 4.03. The van der Waals surface area contributed by atoms with Gasteiger partial charge in [0.2, 0.25) is 10.0 Å². The van der Waals surface area contributed by atoms with Crippen molar-refractivity contribution in [2.45, 2.75) is 18.7 Å². The Morgan fingerprint density at radius 1 is 1.33 bits per heavy atom. The van der Waals surface area contributed by atoms with Crippen LogP contribution in [0.15, 0.2) is 23.1 Å². The van der Waals surface area contributed by atoms with Gasteiger partial charge in [-0.05, 0) is 25.1 Å². The zero-order chi connectivity index (χ0) is 16.0. The molecular weight excluding hydrogens is 318 g/mol. The zero-order valence-electron chi connectivity index (χ0n) is 12.1. The molecule has 0 saturated heterocycles. The van der Waals surface area contributed by atoms with E-state index in [2.05, 4.69) is 0 Å². The van der Waals surface area contributed by atoms with Gasteiger partial charge in [0, 0.05) is 6.54 Å². The van der Waals surface area contributed by atoms with Gasteiger partial charge in [-0.2, -0.15) is 4.31 Å². The first-order valence-corrected chi connectivity index (χ1v) is 8.17. The van der Waals surface area contributed by atoms with Crippen molar-refractivity contribution in [2.75, 3.05) is 26.8 Å². The summed E-state index contributed by atoms with van der Waals surface area (Å²) in [5.74, 6) is -0.216. The topological polar surface area (TPSA) is 72.9 Å². The van der Waals surface area contributed by atoms with Crippen LogP contribution in [0.25, 0.3) is 0 Å². The summed E-state index contributed by atoms with van der Waals surface area (Å²) in [6, 6.07) is 4.14. The van der Waals surface area contributed by atoms with Gasteiger partial charge in [0.15, 0.2) is 0 Å². The molecule has 118 valence electrons. The smallest absolute Gasteiger partial charge is 0.321 e. The van der Waals surface area contributed by atoms with Crippen LogP contribution in [0.2, 0.25) is 5.02 Å². The lowest BCUT2D eigenvalue weighted by atomic mass is 10.3. The predicted octanol–water partition coefficient (Wildman–Crippen LogP) is 1.92. The summed E-state index contributed by atoms with van der Waals surface area (Å²) in [5.41, 5.74) is 0. The molecule has 0 atom stereocenters. The van der Waals surface area contributed by atoms with Gasteiger partial charge in [-0.15, -0.1) is 0 Å². The standard InChI is InChI=1S/C13H18ClNO5S/c1-4-15(9-13(16)20-5-2)21(17,18)10-6-7-12(19-3)11(14)8-10/h6-8H,4-5,9H2,1-3H3. The van der Waals surface area contributed by atoms with Crippen LogP contribution in [-0.2, 0) is 19.6 Å². The van der Waals surface area contributed by atoms with E-state index in [0.717, 1.165) is 4.31 Å². The highest BCUT2D eigenvalue weighted by Crippen LogP contribution is 2.28. The SMILES string of the molecule is CCOC(=O)CN(CC)S(=O)(=O)c1ccc(OC)c(Cl)c1. The Balaban J connectivity index is 3.07. The van der Waals surface area contributed by atoms with E-state index in [9.17, 15) is 13.2 Å². The number of halogens is 1. The molecule has 0 aliphatic heterocycles. The van der Waals surface area contributed by atoms with Crippen LogP contribution in [0.3, 0.4) is 0 Å². The van der Waals surface area contributed by atoms with Gasteiger partial charge >= 0.3 is 5.97 Å². The fourth-order valence-corrected chi connectivity index (χ4v) is 3.42. The van der Waals surface area contributed by atoms with Gasteiger partial charge in [0.1, 0.15) is 12.3 Å². The average Bonchev–Trinajstić information content (AvgIpc) is 2.44. The summed E-state index contributed by atoms with van der Waals surface area (Å²) in [6.07, 6.45) is 0. The van der Waals surface area contributed by atoms with Crippen LogP contribution in [-0.4, -0.2) is 45.5 Å². The van der Waals surface area contributed by atoms with Crippen LogP contribution >= 0.6 is 11.6 Å². The molecule has 0 N–H and O–H groups in total. The first kappa shape index (κ1) is 17.7. The van der Waals surface area contributed by atoms with Gasteiger partial charge in [-0.1, -0.05) is 18.5 Å². The molecule has 0 heterocycles. The van der Waals surface area contributed by atoms with E-state index in [1.807, 2.05) is 0 Å². The summed E-state index contributed by atoms with van der Waals surface area (Å²) in [4.78, 5) is 11.5. The summed E-state index contributed by atoms with van der Waals surface area (Å²) in [5, 5.41) is 0.186. The van der Waals surface area contributed by atoms with Crippen LogP contribution < -0.4 is 4.74 Å². The van der Waals surface area contributed by atoms with Crippen molar-refractivity contribution < 1.29 is 22.7 Å². The van der Waals surface area contributed by atoms with E-state index in [1.54, 1.807) is 13.8 Å². The molecule has 1 rings (SSSR count). The number of nitrogens with zero attached hydrogens (tertiary/aromatic N) is 1. The monoisotopic (exact) mass is 335 g/mol. The van der Waals surface area contributed by atoms with Crippen molar-refractivity contribution in [1.82, 2.24) is 4.31 Å². The average molecular weight is 336 g/mol. The van der Waals surface area contributed by atoms with E-state index < -0.39 is 16.0 Å². The normalized spacial score (nSPS) is 11.5. The van der Waals surface area contributed by atoms with Crippen molar-refractivity contribution in [3.63, 3.8) is 0 Å². The Labute approximate surface area is 129 Å². The maximum Gasteiger partial charge on any atom is 0.321 e. The Morgan fingerprint density at radius 2 is 2.00 bits per heavy atom. The van der Waals surface area contributed by atoms with Crippen molar-refractivity contribution in [3.8, 4) is 5.75 Å². The molecule has 1 aromatic rings. The van der Waals surface area contributed by atoms with Gasteiger partial charge in [0.05, 0.1) is 23.6 Å². The number of carbonyl (C=O) groups is 1. The number of sulfonamides is 1. The number of carbonyl (C=O) groups excluding carboxylic acids is 1. The number of rotatable bonds is 7. The summed E-state index contributed by atoms with van der Waals surface area (Å²) < 4.78 is 35.7. The number of ether oxygens (including phenoxy) is 2. The number of benzene rings is 1. The van der Waals surface area contributed by atoms with Gasteiger partial charge < -0.3 is 9.47 Å². The van der Waals surface area contributed by atoms with E-state index in [4.69, 9.17) is 21.1 Å². The summed E-state index contributed by atoms with van der Waals surface area (Å²) in [7, 11) is -2.38. The van der Waals surface area contributed by atoms with Gasteiger partial charge in [0.25, 0.3) is 0 Å². The summed E-state index contributed by atoms with van der Waals surface area (Å²) >= 11 is 5.94. The minimum atomic E-state index is -3.82. The Hall–Kier alpha value is -1.31. The van der Waals surface area contributed by atoms with Crippen molar-refractivity contribution in [2.24, 2.45) is 0 Å². The molecule has 0 saturated carbocycles. The number of hydrogen-bond donors (Lipinski definition) is 0. The second kappa shape index (κ2) is 7.63. The molecule has 0 fully saturated rings. The van der Waals surface area contributed by atoms with Crippen LogP contribution in [0.4, 0.5) is 0 Å². The lowest BCUT2D eigenvalue weighted by Gasteiger charge is -2.19. The van der Waals surface area contributed by atoms with Crippen molar-refractivity contribution >= 4 is 27.6 Å². The van der Waals surface area contributed by atoms with Crippen molar-refractivity contribution in [1.29, 1.82) is 0 Å². The minimum Gasteiger partial charge on any atom is -0.495 e. The number of hydrogen-bond acceptors (Lipinski definition) is 5. The molecular formula is C13H18ClNO5S. The maximum absolute atomic E-state index is 12.5. The highest BCUT2D eigenvalue weighted by molar-refractivity contribution is 7.89. The molecule has 0 amide bonds. The van der Waals surface area contributed by atoms with E-state index in [-0.39, 0.29) is 29.6 Å². The molecule has 0 radical (unpaired) electrons. The first-order valence-electron chi connectivity index (χ1n) is 6.36. The summed E-state index contributed by atoms with van der Waals surface area (Å²) in [6.45, 7) is 3.31. The molecule has 0 aromatic heterocycles. The maximum atomic E-state index is 12.5. The lowest BCUT2D eigenvalue weighted by molar-refractivity contribution is -0.143. The van der Waals surface area contributed by atoms with Crippen molar-refractivity contribution in [3.05, 3.63) is 23.2 Å². The van der Waals surface area contributed by atoms with Crippen LogP contribution in [0, 0.1) is 0 Å². The third-order valence-electron chi connectivity index (χ3n) is 2.72. The number of likely N-dealkylation sites (N-methyl/N-ethyl adjacent to an activating group) is 1. The van der Waals surface area contributed by atoms with E-state index >= 15 is 0 Å². The third kappa shape index (κ3) is 4.33. The van der Waals surface area contributed by atoms with Gasteiger partial charge in [-0.3, -0.25) is 4.79 Å². The minimum absolute atomic E-state index is 0.000511. The second-order valence-corrected chi connectivity index (χ2v) is 6.38. The highest BCUT2D eigenvalue weighted by atomic mass is 35.5. The molecule has 0 aliphatic rings. The van der Waals surface area contributed by atoms with Crippen LogP contribution in [0.5, 0.6) is 5.75 Å². The highest BCUT2D eigenvalue weighted by Gasteiger charge is 2.26. The fraction of sp³-hybridized carbons (Fsp3) is 0.462.